The number of anilines is 1. The third-order valence-electron chi connectivity index (χ3n) is 7.73. The molecule has 3 aromatic rings. The molecule has 1 fully saturated rings. The Morgan fingerprint density at radius 3 is 2.33 bits per heavy atom. The second kappa shape index (κ2) is 14.6. The molecular weight excluding hydrogens is 631 g/mol. The van der Waals surface area contributed by atoms with E-state index in [2.05, 4.69) is 5.32 Å². The normalized spacial score (nSPS) is 14.5. The number of ether oxygens (including phenoxy) is 1. The SMILES string of the molecule is CC[C@H](C(=O)NC1CCCC1)N(Cc1cccc(OC)c1)C(=O)CN(c1ccc(Cl)c(C(F)(F)F)c1)S(=O)(=O)c1ccccc1. The van der Waals surface area contributed by atoms with Gasteiger partial charge in [-0.1, -0.05) is 61.7 Å². The number of alkyl halides is 3. The summed E-state index contributed by atoms with van der Waals surface area (Å²) in [6.07, 6.45) is -1.11. The molecular formula is C32H35ClF3N3O5S. The first-order chi connectivity index (χ1) is 21.3. The second-order valence-corrected chi connectivity index (χ2v) is 13.0. The minimum absolute atomic E-state index is 0.0369. The number of rotatable bonds is 12. The van der Waals surface area contributed by atoms with Crippen molar-refractivity contribution < 1.29 is 35.9 Å². The van der Waals surface area contributed by atoms with Gasteiger partial charge in [0.25, 0.3) is 10.0 Å². The number of methoxy groups -OCH3 is 1. The van der Waals surface area contributed by atoms with Gasteiger partial charge in [0.05, 0.1) is 28.3 Å². The lowest BCUT2D eigenvalue weighted by Gasteiger charge is -2.34. The van der Waals surface area contributed by atoms with Crippen molar-refractivity contribution in [1.29, 1.82) is 0 Å². The maximum atomic E-state index is 14.2. The van der Waals surface area contributed by atoms with Crippen molar-refractivity contribution >= 4 is 39.1 Å². The molecule has 0 saturated heterocycles. The lowest BCUT2D eigenvalue weighted by Crippen LogP contribution is -2.53. The molecule has 2 amide bonds. The Kier molecular flexibility index (Phi) is 11.0. The molecule has 0 unspecified atom stereocenters. The van der Waals surface area contributed by atoms with Gasteiger partial charge in [-0.2, -0.15) is 13.2 Å². The van der Waals surface area contributed by atoms with Crippen molar-refractivity contribution in [3.05, 3.63) is 88.9 Å². The van der Waals surface area contributed by atoms with Crippen molar-refractivity contribution in [3.63, 3.8) is 0 Å². The van der Waals surface area contributed by atoms with Crippen molar-refractivity contribution in [2.45, 2.75) is 68.7 Å². The Balaban J connectivity index is 1.78. The number of sulfonamides is 1. The van der Waals surface area contributed by atoms with E-state index in [0.29, 0.717) is 21.7 Å². The molecule has 0 aliphatic heterocycles. The maximum absolute atomic E-state index is 14.2. The van der Waals surface area contributed by atoms with Gasteiger partial charge >= 0.3 is 6.18 Å². The van der Waals surface area contributed by atoms with E-state index in [0.717, 1.165) is 37.8 Å². The standard InChI is InChI=1S/C32H35ClF3N3O5S/c1-3-29(31(41)37-23-11-7-8-12-23)38(20-22-10-9-13-25(18-22)44-2)30(40)21-39(45(42,43)26-14-5-4-6-15-26)24-16-17-28(33)27(19-24)32(34,35)36/h4-6,9-10,13-19,23,29H,3,7-8,11-12,20-21H2,1-2H3,(H,37,41)/t29-/m1/s1. The van der Waals surface area contributed by atoms with Crippen LogP contribution in [0.2, 0.25) is 5.02 Å². The molecule has 1 saturated carbocycles. The molecule has 0 radical (unpaired) electrons. The summed E-state index contributed by atoms with van der Waals surface area (Å²) in [6.45, 7) is 0.769. The van der Waals surface area contributed by atoms with Crippen LogP contribution in [0.4, 0.5) is 18.9 Å². The van der Waals surface area contributed by atoms with E-state index in [1.807, 2.05) is 0 Å². The molecule has 0 aromatic heterocycles. The molecule has 0 bridgehead atoms. The van der Waals surface area contributed by atoms with E-state index in [1.54, 1.807) is 37.3 Å². The number of carbonyl (C=O) groups excluding carboxylic acids is 2. The van der Waals surface area contributed by atoms with E-state index in [1.165, 1.54) is 36.3 Å². The molecule has 1 N–H and O–H groups in total. The summed E-state index contributed by atoms with van der Waals surface area (Å²) in [7, 11) is -3.07. The summed E-state index contributed by atoms with van der Waals surface area (Å²) in [4.78, 5) is 28.8. The highest BCUT2D eigenvalue weighted by molar-refractivity contribution is 7.92. The quantitative estimate of drug-likeness (QED) is 0.241. The molecule has 1 aliphatic carbocycles. The number of carbonyl (C=O) groups is 2. The average molecular weight is 666 g/mol. The van der Waals surface area contributed by atoms with Gasteiger partial charge in [0.15, 0.2) is 0 Å². The highest BCUT2D eigenvalue weighted by Gasteiger charge is 2.37. The Morgan fingerprint density at radius 1 is 1.02 bits per heavy atom. The van der Waals surface area contributed by atoms with E-state index in [4.69, 9.17) is 16.3 Å². The van der Waals surface area contributed by atoms with Crippen LogP contribution in [0.15, 0.2) is 77.7 Å². The summed E-state index contributed by atoms with van der Waals surface area (Å²) in [5.74, 6) is -0.657. The van der Waals surface area contributed by atoms with Crippen molar-refractivity contribution in [3.8, 4) is 5.75 Å². The van der Waals surface area contributed by atoms with E-state index in [-0.39, 0.29) is 29.8 Å². The number of amides is 2. The summed E-state index contributed by atoms with van der Waals surface area (Å²) in [5, 5.41) is 2.39. The highest BCUT2D eigenvalue weighted by atomic mass is 35.5. The molecule has 1 aliphatic rings. The van der Waals surface area contributed by atoms with E-state index < -0.39 is 51.0 Å². The zero-order valence-corrected chi connectivity index (χ0v) is 26.5. The van der Waals surface area contributed by atoms with Crippen LogP contribution >= 0.6 is 11.6 Å². The van der Waals surface area contributed by atoms with Gasteiger partial charge in [-0.15, -0.1) is 0 Å². The van der Waals surface area contributed by atoms with Crippen LogP contribution < -0.4 is 14.4 Å². The largest absolute Gasteiger partial charge is 0.497 e. The van der Waals surface area contributed by atoms with Crippen molar-refractivity contribution in [1.82, 2.24) is 10.2 Å². The Labute approximate surface area is 266 Å². The zero-order valence-electron chi connectivity index (χ0n) is 24.9. The van der Waals surface area contributed by atoms with Gasteiger partial charge < -0.3 is 15.0 Å². The molecule has 13 heteroatoms. The molecule has 45 heavy (non-hydrogen) atoms. The molecule has 0 heterocycles. The summed E-state index contributed by atoms with van der Waals surface area (Å²) in [6, 6.07) is 15.6. The third kappa shape index (κ3) is 8.29. The van der Waals surface area contributed by atoms with Gasteiger partial charge in [-0.05, 0) is 67.3 Å². The lowest BCUT2D eigenvalue weighted by atomic mass is 10.1. The number of benzene rings is 3. The average Bonchev–Trinajstić information content (AvgIpc) is 3.53. The van der Waals surface area contributed by atoms with Crippen LogP contribution in [0.1, 0.15) is 50.2 Å². The minimum Gasteiger partial charge on any atom is -0.497 e. The van der Waals surface area contributed by atoms with Gasteiger partial charge in [0.1, 0.15) is 18.3 Å². The second-order valence-electron chi connectivity index (χ2n) is 10.8. The monoisotopic (exact) mass is 665 g/mol. The zero-order chi connectivity index (χ0) is 32.8. The molecule has 1 atom stereocenters. The van der Waals surface area contributed by atoms with Crippen molar-refractivity contribution in [2.75, 3.05) is 18.0 Å². The number of hydrogen-bond donors (Lipinski definition) is 1. The van der Waals surface area contributed by atoms with Crippen LogP contribution in [-0.4, -0.2) is 50.9 Å². The first-order valence-electron chi connectivity index (χ1n) is 14.5. The Bertz CT molecular complexity index is 1600. The predicted octanol–water partition coefficient (Wildman–Crippen LogP) is 6.43. The first kappa shape index (κ1) is 34.1. The fourth-order valence-corrected chi connectivity index (χ4v) is 7.04. The minimum atomic E-state index is -4.89. The summed E-state index contributed by atoms with van der Waals surface area (Å²) in [5.41, 5.74) is -1.05. The van der Waals surface area contributed by atoms with E-state index in [9.17, 15) is 31.2 Å². The number of hydrogen-bond acceptors (Lipinski definition) is 5. The molecule has 3 aromatic carbocycles. The smallest absolute Gasteiger partial charge is 0.417 e. The maximum Gasteiger partial charge on any atom is 0.417 e. The summed E-state index contributed by atoms with van der Waals surface area (Å²) >= 11 is 5.84. The predicted molar refractivity (Wildman–Crippen MR) is 165 cm³/mol. The fraction of sp³-hybridized carbons (Fsp3) is 0.375. The topological polar surface area (TPSA) is 96.0 Å². The van der Waals surface area contributed by atoms with Crippen LogP contribution in [0, 0.1) is 0 Å². The van der Waals surface area contributed by atoms with Crippen LogP contribution in [0.3, 0.4) is 0 Å². The van der Waals surface area contributed by atoms with Crippen molar-refractivity contribution in [2.24, 2.45) is 0 Å². The highest BCUT2D eigenvalue weighted by Crippen LogP contribution is 2.38. The van der Waals surface area contributed by atoms with Gasteiger partial charge in [-0.3, -0.25) is 13.9 Å². The third-order valence-corrected chi connectivity index (χ3v) is 9.85. The number of nitrogens with one attached hydrogen (secondary N) is 1. The van der Waals surface area contributed by atoms with Gasteiger partial charge in [-0.25, -0.2) is 8.42 Å². The molecule has 0 spiro atoms. The summed E-state index contributed by atoms with van der Waals surface area (Å²) < 4.78 is 75.3. The van der Waals surface area contributed by atoms with Crippen LogP contribution in [0.25, 0.3) is 0 Å². The van der Waals surface area contributed by atoms with Crippen LogP contribution in [0.5, 0.6) is 5.75 Å². The number of nitrogens with zero attached hydrogens (tertiary/aromatic N) is 2. The molecule has 4 rings (SSSR count). The first-order valence-corrected chi connectivity index (χ1v) is 16.3. The fourth-order valence-electron chi connectivity index (χ4n) is 5.39. The van der Waals surface area contributed by atoms with Crippen LogP contribution in [-0.2, 0) is 32.3 Å². The van der Waals surface area contributed by atoms with Gasteiger partial charge in [0, 0.05) is 12.6 Å². The number of halogens is 4. The van der Waals surface area contributed by atoms with E-state index >= 15 is 0 Å². The molecule has 8 nitrogen and oxygen atoms in total. The lowest BCUT2D eigenvalue weighted by molar-refractivity contribution is -0.140. The Morgan fingerprint density at radius 2 is 1.71 bits per heavy atom. The van der Waals surface area contributed by atoms with Gasteiger partial charge in [0.2, 0.25) is 11.8 Å². The Hall–Kier alpha value is -3.77. The molecule has 242 valence electrons.